The second-order valence-corrected chi connectivity index (χ2v) is 17.8. The van der Waals surface area contributed by atoms with Crippen LogP contribution in [-0.4, -0.2) is 114 Å². The molecule has 5 rings (SSSR count). The third kappa shape index (κ3) is 11.2. The van der Waals surface area contributed by atoms with Gasteiger partial charge in [-0.2, -0.15) is 13.2 Å². The highest BCUT2D eigenvalue weighted by Crippen LogP contribution is 2.57. The third-order valence-electron chi connectivity index (χ3n) is 12.0. The van der Waals surface area contributed by atoms with E-state index in [1.165, 1.54) is 23.8 Å². The standard InChI is InChI=1S/C41H56Cl2F3N7O7/c1-5-27(50-39(60)40(15-16-40)41(44,45)46)33(54)51-32(23-11-12-23)38(59)52(4)30-9-6-7-17-47-35(56)31-10-8-18-53(31)37(58)29(21-24-20-25(42)13-14-26(24)43)49-34(55)28(19-22(2)3)48-36(30)57/h13-14,20,22-23,27-32H,5-12,15-19,21H2,1-4H3,(H,47,56)(H,48,57)(H,49,55)(H,50,60)(H,51,54)/t27-,28-,29+,30-,31+,32-/m0/s1. The molecule has 2 heterocycles. The van der Waals surface area contributed by atoms with Gasteiger partial charge in [0.05, 0.1) is 0 Å². The van der Waals surface area contributed by atoms with E-state index in [1.54, 1.807) is 18.2 Å². The lowest BCUT2D eigenvalue weighted by molar-refractivity contribution is -0.192. The van der Waals surface area contributed by atoms with Gasteiger partial charge in [-0.25, -0.2) is 0 Å². The monoisotopic (exact) mass is 885 g/mol. The molecule has 6 atom stereocenters. The number of rotatable bonds is 12. The Bertz CT molecular complexity index is 1810. The summed E-state index contributed by atoms with van der Waals surface area (Å²) in [4.78, 5) is 99.4. The van der Waals surface area contributed by atoms with Crippen LogP contribution in [0.1, 0.15) is 97.0 Å². The number of nitrogens with one attached hydrogen (secondary N) is 5. The summed E-state index contributed by atoms with van der Waals surface area (Å²) in [6.45, 7) is 5.76. The number of hydrogen-bond acceptors (Lipinski definition) is 7. The highest BCUT2D eigenvalue weighted by atomic mass is 35.5. The van der Waals surface area contributed by atoms with Crippen LogP contribution in [0.4, 0.5) is 13.2 Å². The van der Waals surface area contributed by atoms with Gasteiger partial charge in [0, 0.05) is 36.6 Å². The second-order valence-electron chi connectivity index (χ2n) is 17.0. The molecule has 14 nitrogen and oxygen atoms in total. The molecule has 19 heteroatoms. The molecule has 5 N–H and O–H groups in total. The number of benzene rings is 1. The summed E-state index contributed by atoms with van der Waals surface area (Å²) < 4.78 is 40.9. The Labute approximate surface area is 358 Å². The van der Waals surface area contributed by atoms with E-state index < -0.39 is 83.3 Å². The maximum absolute atomic E-state index is 14.3. The molecule has 0 radical (unpaired) electrons. The SMILES string of the molecule is CC[C@H](NC(=O)C1(C(F)(F)F)CC1)C(=O)N[C@H](C(=O)N(C)[C@H]1CCCCNC(=O)[C@H]2CCCN2C(=O)[C@@H](Cc2cc(Cl)ccc2Cl)NC(=O)[C@H](CC(C)C)NC1=O)C1CC1. The fraction of sp³-hybridized carbons (Fsp3) is 0.683. The maximum atomic E-state index is 14.3. The summed E-state index contributed by atoms with van der Waals surface area (Å²) in [6, 6.07) is -1.99. The second kappa shape index (κ2) is 19.7. The van der Waals surface area contributed by atoms with Crippen molar-refractivity contribution < 1.29 is 46.7 Å². The van der Waals surface area contributed by atoms with Gasteiger partial charge < -0.3 is 36.4 Å². The van der Waals surface area contributed by atoms with Crippen LogP contribution in [0.25, 0.3) is 0 Å². The minimum atomic E-state index is -4.77. The van der Waals surface area contributed by atoms with Gasteiger partial charge in [0.15, 0.2) is 0 Å². The molecule has 0 bridgehead atoms. The summed E-state index contributed by atoms with van der Waals surface area (Å²) in [5.41, 5.74) is -2.05. The number of carbonyl (C=O) groups excluding carboxylic acids is 7. The first-order valence-electron chi connectivity index (χ1n) is 20.9. The highest BCUT2D eigenvalue weighted by Gasteiger charge is 2.68. The van der Waals surface area contributed by atoms with Crippen molar-refractivity contribution in [2.24, 2.45) is 17.3 Å². The molecule has 2 saturated carbocycles. The largest absolute Gasteiger partial charge is 0.403 e. The fourth-order valence-corrected chi connectivity index (χ4v) is 8.40. The van der Waals surface area contributed by atoms with Gasteiger partial charge in [-0.05, 0) is 106 Å². The molecule has 4 aliphatic rings. The average molecular weight is 887 g/mol. The lowest BCUT2D eigenvalue weighted by Gasteiger charge is -2.34. The van der Waals surface area contributed by atoms with Crippen LogP contribution in [0.15, 0.2) is 18.2 Å². The number of alkyl halides is 3. The molecule has 0 spiro atoms. The molecule has 7 amide bonds. The van der Waals surface area contributed by atoms with Crippen LogP contribution in [0.2, 0.25) is 10.0 Å². The Morgan fingerprint density at radius 3 is 2.23 bits per heavy atom. The molecule has 332 valence electrons. The smallest absolute Gasteiger partial charge is 0.354 e. The van der Waals surface area contributed by atoms with Crippen LogP contribution < -0.4 is 26.6 Å². The van der Waals surface area contributed by atoms with Crippen molar-refractivity contribution in [1.29, 1.82) is 0 Å². The lowest BCUT2D eigenvalue weighted by Crippen LogP contribution is -2.60. The summed E-state index contributed by atoms with van der Waals surface area (Å²) in [6.07, 6.45) is -2.44. The normalized spacial score (nSPS) is 25.0. The minimum Gasteiger partial charge on any atom is -0.354 e. The zero-order chi connectivity index (χ0) is 44.1. The number of likely N-dealkylation sites (N-methyl/N-ethyl adjacent to an activating group) is 1. The predicted molar refractivity (Wildman–Crippen MR) is 216 cm³/mol. The van der Waals surface area contributed by atoms with E-state index >= 15 is 0 Å². The van der Waals surface area contributed by atoms with Crippen molar-refractivity contribution >= 4 is 64.6 Å². The van der Waals surface area contributed by atoms with Crippen molar-refractivity contribution in [2.75, 3.05) is 20.1 Å². The summed E-state index contributed by atoms with van der Waals surface area (Å²) in [7, 11) is 1.41. The van der Waals surface area contributed by atoms with Gasteiger partial charge in [0.1, 0.15) is 41.7 Å². The minimum absolute atomic E-state index is 0.0365. The summed E-state index contributed by atoms with van der Waals surface area (Å²) >= 11 is 12.8. The Hall–Kier alpha value is -4.12. The molecule has 60 heavy (non-hydrogen) atoms. The first-order valence-corrected chi connectivity index (χ1v) is 21.6. The van der Waals surface area contributed by atoms with E-state index in [1.807, 2.05) is 13.8 Å². The molecule has 4 fully saturated rings. The van der Waals surface area contributed by atoms with E-state index in [4.69, 9.17) is 23.2 Å². The quantitative estimate of drug-likeness (QED) is 0.211. The molecule has 1 aromatic rings. The van der Waals surface area contributed by atoms with Gasteiger partial charge in [-0.3, -0.25) is 33.6 Å². The van der Waals surface area contributed by atoms with Crippen LogP contribution in [0.5, 0.6) is 0 Å². The number of fused-ring (bicyclic) bond motifs is 1. The zero-order valence-electron chi connectivity index (χ0n) is 34.4. The summed E-state index contributed by atoms with van der Waals surface area (Å²) in [5.74, 6) is -5.33. The fourth-order valence-electron chi connectivity index (χ4n) is 8.01. The average Bonchev–Trinajstić information content (AvgIpc) is 4.13. The first kappa shape index (κ1) is 46.9. The van der Waals surface area contributed by atoms with E-state index in [0.717, 1.165) is 0 Å². The number of nitrogens with zero attached hydrogens (tertiary/aromatic N) is 2. The van der Waals surface area contributed by atoms with Crippen LogP contribution in [0, 0.1) is 17.3 Å². The van der Waals surface area contributed by atoms with Crippen LogP contribution in [-0.2, 0) is 40.0 Å². The Balaban J connectivity index is 1.38. The molecule has 2 aliphatic heterocycles. The predicted octanol–water partition coefficient (Wildman–Crippen LogP) is 3.80. The molecular formula is C41H56Cl2F3N7O7. The van der Waals surface area contributed by atoms with Crippen molar-refractivity contribution in [1.82, 2.24) is 36.4 Å². The van der Waals surface area contributed by atoms with E-state index in [0.29, 0.717) is 60.7 Å². The van der Waals surface area contributed by atoms with Crippen LogP contribution >= 0.6 is 23.2 Å². The Morgan fingerprint density at radius 1 is 0.933 bits per heavy atom. The lowest BCUT2D eigenvalue weighted by atomic mass is 9.99. The van der Waals surface area contributed by atoms with E-state index in [9.17, 15) is 46.7 Å². The highest BCUT2D eigenvalue weighted by molar-refractivity contribution is 6.33. The van der Waals surface area contributed by atoms with Crippen LogP contribution in [0.3, 0.4) is 0 Å². The molecule has 0 unspecified atom stereocenters. The van der Waals surface area contributed by atoms with Crippen molar-refractivity contribution in [3.05, 3.63) is 33.8 Å². The number of halogens is 5. The van der Waals surface area contributed by atoms with E-state index in [2.05, 4.69) is 26.6 Å². The maximum Gasteiger partial charge on any atom is 0.403 e. The van der Waals surface area contributed by atoms with E-state index in [-0.39, 0.29) is 62.8 Å². The topological polar surface area (TPSA) is 186 Å². The van der Waals surface area contributed by atoms with Gasteiger partial charge in [0.25, 0.3) is 0 Å². The summed E-state index contributed by atoms with van der Waals surface area (Å²) in [5, 5.41) is 14.1. The number of carbonyl (C=O) groups is 7. The van der Waals surface area contributed by atoms with Gasteiger partial charge >= 0.3 is 6.18 Å². The zero-order valence-corrected chi connectivity index (χ0v) is 35.9. The third-order valence-corrected chi connectivity index (χ3v) is 12.6. The van der Waals surface area contributed by atoms with Crippen molar-refractivity contribution in [3.8, 4) is 0 Å². The molecule has 1 aromatic carbocycles. The molecular weight excluding hydrogens is 830 g/mol. The van der Waals surface area contributed by atoms with Gasteiger partial charge in [-0.1, -0.05) is 44.0 Å². The Morgan fingerprint density at radius 2 is 1.62 bits per heavy atom. The molecule has 0 aromatic heterocycles. The van der Waals surface area contributed by atoms with Gasteiger partial charge in [0.2, 0.25) is 41.4 Å². The van der Waals surface area contributed by atoms with Crippen molar-refractivity contribution in [2.45, 2.75) is 140 Å². The number of hydrogen-bond donors (Lipinski definition) is 5. The first-order chi connectivity index (χ1) is 28.3. The number of amides is 7. The van der Waals surface area contributed by atoms with Crippen molar-refractivity contribution in [3.63, 3.8) is 0 Å². The molecule has 2 saturated heterocycles. The van der Waals surface area contributed by atoms with Gasteiger partial charge in [-0.15, -0.1) is 0 Å². The molecule has 2 aliphatic carbocycles. The Kier molecular flexibility index (Phi) is 15.4.